The fourth-order valence-corrected chi connectivity index (χ4v) is 2.87. The maximum atomic E-state index is 6.03. The van der Waals surface area contributed by atoms with Crippen molar-refractivity contribution in [2.75, 3.05) is 12.3 Å². The summed E-state index contributed by atoms with van der Waals surface area (Å²) < 4.78 is 7.86. The summed E-state index contributed by atoms with van der Waals surface area (Å²) in [5.41, 5.74) is 8.13. The summed E-state index contributed by atoms with van der Waals surface area (Å²) in [7, 11) is 0. The number of para-hydroxylation sites is 2. The molecule has 18 heavy (non-hydrogen) atoms. The summed E-state index contributed by atoms with van der Waals surface area (Å²) in [6, 6.07) is 8.11. The Kier molecular flexibility index (Phi) is 2.96. The average molecular weight is 245 g/mol. The molecule has 0 amide bonds. The van der Waals surface area contributed by atoms with Crippen LogP contribution in [0.1, 0.15) is 19.8 Å². The maximum Gasteiger partial charge on any atom is 0.201 e. The molecule has 1 saturated heterocycles. The van der Waals surface area contributed by atoms with Gasteiger partial charge in [-0.2, -0.15) is 0 Å². The molecule has 1 aliphatic heterocycles. The molecule has 1 aromatic carbocycles. The Morgan fingerprint density at radius 1 is 1.44 bits per heavy atom. The van der Waals surface area contributed by atoms with Crippen molar-refractivity contribution in [1.29, 1.82) is 0 Å². The van der Waals surface area contributed by atoms with Crippen molar-refractivity contribution in [1.82, 2.24) is 9.55 Å². The highest BCUT2D eigenvalue weighted by molar-refractivity contribution is 5.78. The predicted molar refractivity (Wildman–Crippen MR) is 72.3 cm³/mol. The van der Waals surface area contributed by atoms with E-state index in [-0.39, 0.29) is 0 Å². The molecule has 0 spiro atoms. The Balaban J connectivity index is 1.92. The van der Waals surface area contributed by atoms with Crippen molar-refractivity contribution in [3.63, 3.8) is 0 Å². The third-order valence-electron chi connectivity index (χ3n) is 3.85. The van der Waals surface area contributed by atoms with Gasteiger partial charge in [-0.1, -0.05) is 19.1 Å². The van der Waals surface area contributed by atoms with Gasteiger partial charge in [0.1, 0.15) is 0 Å². The number of nitrogen functional groups attached to an aromatic ring is 1. The van der Waals surface area contributed by atoms with E-state index in [0.29, 0.717) is 18.0 Å². The van der Waals surface area contributed by atoms with Crippen LogP contribution in [-0.2, 0) is 11.3 Å². The van der Waals surface area contributed by atoms with E-state index in [2.05, 4.69) is 22.5 Å². The van der Waals surface area contributed by atoms with Crippen LogP contribution in [0.3, 0.4) is 0 Å². The molecule has 2 unspecified atom stereocenters. The molecule has 0 bridgehead atoms. The molecule has 0 aliphatic carbocycles. The van der Waals surface area contributed by atoms with Crippen molar-refractivity contribution in [2.45, 2.75) is 32.4 Å². The minimum atomic E-state index is 0.366. The minimum absolute atomic E-state index is 0.366. The lowest BCUT2D eigenvalue weighted by atomic mass is 9.99. The summed E-state index contributed by atoms with van der Waals surface area (Å²) in [5, 5.41) is 0. The van der Waals surface area contributed by atoms with E-state index >= 15 is 0 Å². The number of ether oxygens (including phenoxy) is 1. The second kappa shape index (κ2) is 4.61. The number of hydrogen-bond donors (Lipinski definition) is 1. The minimum Gasteiger partial charge on any atom is -0.378 e. The van der Waals surface area contributed by atoms with Crippen LogP contribution in [0.5, 0.6) is 0 Å². The summed E-state index contributed by atoms with van der Waals surface area (Å²) in [4.78, 5) is 4.41. The third-order valence-corrected chi connectivity index (χ3v) is 3.85. The Morgan fingerprint density at radius 2 is 2.28 bits per heavy atom. The molecule has 0 saturated carbocycles. The molecule has 2 atom stereocenters. The molecule has 2 heterocycles. The van der Waals surface area contributed by atoms with Gasteiger partial charge in [0.25, 0.3) is 0 Å². The molecule has 1 fully saturated rings. The zero-order valence-electron chi connectivity index (χ0n) is 10.7. The van der Waals surface area contributed by atoms with Crippen LogP contribution in [0.25, 0.3) is 11.0 Å². The lowest BCUT2D eigenvalue weighted by Crippen LogP contribution is -2.21. The first kappa shape index (κ1) is 11.5. The van der Waals surface area contributed by atoms with E-state index in [1.165, 1.54) is 0 Å². The molecular weight excluding hydrogens is 226 g/mol. The smallest absolute Gasteiger partial charge is 0.201 e. The van der Waals surface area contributed by atoms with Crippen LogP contribution in [0.2, 0.25) is 0 Å². The van der Waals surface area contributed by atoms with Gasteiger partial charge in [0.15, 0.2) is 0 Å². The van der Waals surface area contributed by atoms with Gasteiger partial charge in [0, 0.05) is 19.1 Å². The van der Waals surface area contributed by atoms with Gasteiger partial charge in [-0.05, 0) is 25.0 Å². The van der Waals surface area contributed by atoms with Gasteiger partial charge in [-0.3, -0.25) is 0 Å². The van der Waals surface area contributed by atoms with E-state index in [1.54, 1.807) is 0 Å². The highest BCUT2D eigenvalue weighted by Gasteiger charge is 2.27. The zero-order valence-corrected chi connectivity index (χ0v) is 10.7. The molecule has 4 heteroatoms. The Labute approximate surface area is 107 Å². The lowest BCUT2D eigenvalue weighted by Gasteiger charge is -2.18. The van der Waals surface area contributed by atoms with Gasteiger partial charge in [0.2, 0.25) is 5.95 Å². The van der Waals surface area contributed by atoms with Crippen molar-refractivity contribution in [3.8, 4) is 0 Å². The summed E-state index contributed by atoms with van der Waals surface area (Å²) >= 11 is 0. The topological polar surface area (TPSA) is 53.1 Å². The molecule has 2 N–H and O–H groups in total. The molecule has 3 rings (SSSR count). The summed E-state index contributed by atoms with van der Waals surface area (Å²) in [6.07, 6.45) is 2.55. The molecule has 96 valence electrons. The largest absolute Gasteiger partial charge is 0.378 e. The van der Waals surface area contributed by atoms with E-state index < -0.39 is 0 Å². The van der Waals surface area contributed by atoms with Crippen molar-refractivity contribution < 1.29 is 4.74 Å². The van der Waals surface area contributed by atoms with E-state index in [9.17, 15) is 0 Å². The zero-order chi connectivity index (χ0) is 12.5. The fraction of sp³-hybridized carbons (Fsp3) is 0.500. The van der Waals surface area contributed by atoms with Crippen LogP contribution >= 0.6 is 0 Å². The Morgan fingerprint density at radius 3 is 3.11 bits per heavy atom. The Hall–Kier alpha value is -1.55. The lowest BCUT2D eigenvalue weighted by molar-refractivity contribution is 0.0839. The number of benzene rings is 1. The molecule has 1 aromatic heterocycles. The van der Waals surface area contributed by atoms with E-state index in [0.717, 1.165) is 37.0 Å². The van der Waals surface area contributed by atoms with Gasteiger partial charge in [0.05, 0.1) is 17.1 Å². The number of fused-ring (bicyclic) bond motifs is 1. The number of aromatic nitrogens is 2. The number of imidazole rings is 1. The quantitative estimate of drug-likeness (QED) is 0.903. The number of hydrogen-bond acceptors (Lipinski definition) is 3. The van der Waals surface area contributed by atoms with Crippen molar-refractivity contribution in [2.24, 2.45) is 5.92 Å². The molecule has 1 aliphatic rings. The van der Waals surface area contributed by atoms with Gasteiger partial charge >= 0.3 is 0 Å². The maximum absolute atomic E-state index is 6.03. The number of nitrogens with zero attached hydrogens (tertiary/aromatic N) is 2. The standard InChI is InChI=1S/C14H19N3O/c1-2-13-10(7-8-18-13)9-17-12-6-4-3-5-11(12)16-14(17)15/h3-6,10,13H,2,7-9H2,1H3,(H2,15,16). The van der Waals surface area contributed by atoms with Gasteiger partial charge < -0.3 is 15.0 Å². The molecule has 0 radical (unpaired) electrons. The SMILES string of the molecule is CCC1OCCC1Cn1c(N)nc2ccccc21. The summed E-state index contributed by atoms with van der Waals surface area (Å²) in [6.45, 7) is 3.96. The second-order valence-electron chi connectivity index (χ2n) is 4.94. The van der Waals surface area contributed by atoms with E-state index in [4.69, 9.17) is 10.5 Å². The monoisotopic (exact) mass is 245 g/mol. The van der Waals surface area contributed by atoms with Crippen LogP contribution < -0.4 is 5.73 Å². The van der Waals surface area contributed by atoms with Crippen molar-refractivity contribution >= 4 is 17.0 Å². The number of nitrogens with two attached hydrogens (primary N) is 1. The van der Waals surface area contributed by atoms with Gasteiger partial charge in [-0.15, -0.1) is 0 Å². The fourth-order valence-electron chi connectivity index (χ4n) is 2.87. The normalized spacial score (nSPS) is 23.8. The number of rotatable bonds is 3. The molecule has 2 aromatic rings. The van der Waals surface area contributed by atoms with Crippen LogP contribution in [0.4, 0.5) is 5.95 Å². The first-order valence-electron chi connectivity index (χ1n) is 6.62. The van der Waals surface area contributed by atoms with E-state index in [1.807, 2.05) is 18.2 Å². The predicted octanol–water partition coefficient (Wildman–Crippen LogP) is 2.43. The van der Waals surface area contributed by atoms with Crippen LogP contribution in [-0.4, -0.2) is 22.3 Å². The third kappa shape index (κ3) is 1.86. The van der Waals surface area contributed by atoms with Crippen LogP contribution in [0, 0.1) is 5.92 Å². The first-order chi connectivity index (χ1) is 8.79. The van der Waals surface area contributed by atoms with Crippen molar-refractivity contribution in [3.05, 3.63) is 24.3 Å². The summed E-state index contributed by atoms with van der Waals surface area (Å²) in [5.74, 6) is 1.16. The van der Waals surface area contributed by atoms with Gasteiger partial charge in [-0.25, -0.2) is 4.98 Å². The molecular formula is C14H19N3O. The number of anilines is 1. The average Bonchev–Trinajstić information content (AvgIpc) is 2.95. The highest BCUT2D eigenvalue weighted by Crippen LogP contribution is 2.28. The second-order valence-corrected chi connectivity index (χ2v) is 4.94. The van der Waals surface area contributed by atoms with Crippen LogP contribution in [0.15, 0.2) is 24.3 Å². The molecule has 4 nitrogen and oxygen atoms in total. The Bertz CT molecular complexity index is 549. The first-order valence-corrected chi connectivity index (χ1v) is 6.62. The highest BCUT2D eigenvalue weighted by atomic mass is 16.5.